The number of benzene rings is 1. The first-order chi connectivity index (χ1) is 12.5. The predicted octanol–water partition coefficient (Wildman–Crippen LogP) is 4.20. The Bertz CT molecular complexity index is 740. The van der Waals surface area contributed by atoms with E-state index in [-0.39, 0.29) is 18.8 Å². The lowest BCUT2D eigenvalue weighted by atomic mass is 10.2. The smallest absolute Gasteiger partial charge is 0.414 e. The zero-order valence-corrected chi connectivity index (χ0v) is 15.4. The quantitative estimate of drug-likeness (QED) is 0.854. The number of allylic oxidation sites excluding steroid dienone is 2. The molecular formula is C19H22F2N2O4. The fraction of sp³-hybridized carbons (Fsp3) is 0.368. The minimum absolute atomic E-state index is 0.00955. The van der Waals surface area contributed by atoms with Crippen LogP contribution in [0.2, 0.25) is 0 Å². The molecule has 27 heavy (non-hydrogen) atoms. The predicted molar refractivity (Wildman–Crippen MR) is 94.9 cm³/mol. The van der Waals surface area contributed by atoms with E-state index in [1.807, 2.05) is 6.07 Å². The highest BCUT2D eigenvalue weighted by Gasteiger charge is 2.30. The van der Waals surface area contributed by atoms with Gasteiger partial charge in [-0.25, -0.2) is 9.59 Å². The largest absolute Gasteiger partial charge is 0.444 e. The number of alkyl halides is 2. The number of amides is 2. The van der Waals surface area contributed by atoms with Crippen LogP contribution >= 0.6 is 0 Å². The van der Waals surface area contributed by atoms with Gasteiger partial charge in [0.2, 0.25) is 0 Å². The summed E-state index contributed by atoms with van der Waals surface area (Å²) in [6.07, 6.45) is 0.362. The summed E-state index contributed by atoms with van der Waals surface area (Å²) in [6, 6.07) is 8.92. The van der Waals surface area contributed by atoms with Crippen LogP contribution in [0.15, 0.2) is 54.4 Å². The summed E-state index contributed by atoms with van der Waals surface area (Å²) in [4.78, 5) is 25.0. The van der Waals surface area contributed by atoms with Crippen LogP contribution in [0.25, 0.3) is 0 Å². The third-order valence-corrected chi connectivity index (χ3v) is 3.29. The van der Waals surface area contributed by atoms with Gasteiger partial charge in [-0.1, -0.05) is 30.3 Å². The highest BCUT2D eigenvalue weighted by atomic mass is 19.3. The number of ether oxygens (including phenoxy) is 2. The summed E-state index contributed by atoms with van der Waals surface area (Å²) in [5.74, 6) is -3.33. The molecule has 0 unspecified atom stereocenters. The van der Waals surface area contributed by atoms with Gasteiger partial charge in [0, 0.05) is 24.0 Å². The van der Waals surface area contributed by atoms with Crippen LogP contribution in [0.4, 0.5) is 18.4 Å². The highest BCUT2D eigenvalue weighted by Crippen LogP contribution is 2.23. The van der Waals surface area contributed by atoms with E-state index < -0.39 is 23.7 Å². The maximum absolute atomic E-state index is 13.9. The van der Waals surface area contributed by atoms with Crippen molar-refractivity contribution in [3.8, 4) is 0 Å². The molecule has 1 aliphatic heterocycles. The minimum Gasteiger partial charge on any atom is -0.444 e. The second kappa shape index (κ2) is 8.20. The Hall–Kier alpha value is -2.90. The number of hydrogen-bond acceptors (Lipinski definition) is 4. The minimum atomic E-state index is -3.33. The Kier molecular flexibility index (Phi) is 6.20. The van der Waals surface area contributed by atoms with E-state index in [0.717, 1.165) is 16.7 Å². The molecule has 0 saturated carbocycles. The second-order valence-corrected chi connectivity index (χ2v) is 6.95. The fourth-order valence-corrected chi connectivity index (χ4v) is 2.16. The van der Waals surface area contributed by atoms with Gasteiger partial charge < -0.3 is 9.47 Å². The van der Waals surface area contributed by atoms with Crippen LogP contribution in [0.3, 0.4) is 0 Å². The topological polar surface area (TPSA) is 67.9 Å². The number of carbonyl (C=O) groups excluding carboxylic acids is 2. The molecule has 0 atom stereocenters. The van der Waals surface area contributed by atoms with E-state index in [2.05, 4.69) is 5.32 Å². The molecule has 0 bridgehead atoms. The Balaban J connectivity index is 2.02. The fourth-order valence-electron chi connectivity index (χ4n) is 2.16. The van der Waals surface area contributed by atoms with Crippen molar-refractivity contribution in [2.75, 3.05) is 6.54 Å². The zero-order valence-electron chi connectivity index (χ0n) is 15.4. The number of alkyl carbamates (subject to hydrolysis) is 1. The van der Waals surface area contributed by atoms with Crippen LogP contribution in [0.1, 0.15) is 26.3 Å². The SMILES string of the molecule is CC(C)(C)OC(=O)N1C=CC(F)(F)C=C(NC(=O)OCc2ccccc2)C1. The Morgan fingerprint density at radius 1 is 1.22 bits per heavy atom. The summed E-state index contributed by atoms with van der Waals surface area (Å²) in [5, 5.41) is 2.26. The number of nitrogens with one attached hydrogen (secondary N) is 1. The lowest BCUT2D eigenvalue weighted by molar-refractivity contribution is 0.0345. The van der Waals surface area contributed by atoms with Crippen molar-refractivity contribution < 1.29 is 27.8 Å². The summed E-state index contributed by atoms with van der Waals surface area (Å²) < 4.78 is 37.9. The molecule has 0 radical (unpaired) electrons. The van der Waals surface area contributed by atoms with Crippen LogP contribution in [0.5, 0.6) is 0 Å². The molecule has 1 N–H and O–H groups in total. The van der Waals surface area contributed by atoms with E-state index >= 15 is 0 Å². The Morgan fingerprint density at radius 2 is 1.89 bits per heavy atom. The first kappa shape index (κ1) is 20.4. The average Bonchev–Trinajstić information content (AvgIpc) is 2.70. The molecule has 2 rings (SSSR count). The molecule has 0 fully saturated rings. The van der Waals surface area contributed by atoms with E-state index in [0.29, 0.717) is 12.2 Å². The Morgan fingerprint density at radius 3 is 2.52 bits per heavy atom. The molecular weight excluding hydrogens is 358 g/mol. The number of carbonyl (C=O) groups is 2. The second-order valence-electron chi connectivity index (χ2n) is 6.95. The van der Waals surface area contributed by atoms with Gasteiger partial charge in [-0.2, -0.15) is 8.78 Å². The maximum Gasteiger partial charge on any atom is 0.414 e. The number of nitrogens with zero attached hydrogens (tertiary/aromatic N) is 1. The molecule has 1 aliphatic rings. The first-order valence-corrected chi connectivity index (χ1v) is 8.30. The van der Waals surface area contributed by atoms with E-state index in [4.69, 9.17) is 9.47 Å². The van der Waals surface area contributed by atoms with E-state index in [9.17, 15) is 18.4 Å². The van der Waals surface area contributed by atoms with Gasteiger partial charge in [-0.3, -0.25) is 10.2 Å². The van der Waals surface area contributed by atoms with Gasteiger partial charge in [0.15, 0.2) is 0 Å². The standard InChI is InChI=1S/C19H22F2N2O4/c1-18(2,3)27-17(25)23-10-9-19(20,21)11-15(12-23)22-16(24)26-13-14-7-5-4-6-8-14/h4-11H,12-13H2,1-3H3,(H,22,24). The van der Waals surface area contributed by atoms with Crippen molar-refractivity contribution in [1.29, 1.82) is 0 Å². The molecule has 1 aromatic carbocycles. The lowest BCUT2D eigenvalue weighted by Crippen LogP contribution is -2.37. The molecule has 0 aliphatic carbocycles. The van der Waals surface area contributed by atoms with Crippen LogP contribution in [-0.4, -0.2) is 35.2 Å². The third-order valence-electron chi connectivity index (χ3n) is 3.29. The molecule has 1 heterocycles. The van der Waals surface area contributed by atoms with Gasteiger partial charge >= 0.3 is 12.2 Å². The summed E-state index contributed by atoms with van der Waals surface area (Å²) >= 11 is 0. The lowest BCUT2D eigenvalue weighted by Gasteiger charge is -2.25. The highest BCUT2D eigenvalue weighted by molar-refractivity contribution is 5.72. The summed E-state index contributed by atoms with van der Waals surface area (Å²) in [5.41, 5.74) is -0.204. The number of halogens is 2. The molecule has 0 spiro atoms. The molecule has 2 amide bonds. The molecule has 6 nitrogen and oxygen atoms in total. The number of rotatable bonds is 3. The Labute approximate surface area is 156 Å². The van der Waals surface area contributed by atoms with Gasteiger partial charge in [0.25, 0.3) is 5.92 Å². The van der Waals surface area contributed by atoms with Crippen LogP contribution < -0.4 is 5.32 Å². The van der Waals surface area contributed by atoms with Crippen molar-refractivity contribution in [3.63, 3.8) is 0 Å². The van der Waals surface area contributed by atoms with Crippen molar-refractivity contribution in [2.45, 2.75) is 38.9 Å². The van der Waals surface area contributed by atoms with Crippen molar-refractivity contribution >= 4 is 12.2 Å². The third kappa shape index (κ3) is 7.08. The normalized spacial score (nSPS) is 16.2. The average molecular weight is 380 g/mol. The van der Waals surface area contributed by atoms with Crippen LogP contribution in [-0.2, 0) is 16.1 Å². The van der Waals surface area contributed by atoms with Gasteiger partial charge in [-0.15, -0.1) is 0 Å². The van der Waals surface area contributed by atoms with Gasteiger partial charge in [-0.05, 0) is 26.3 Å². The maximum atomic E-state index is 13.9. The van der Waals surface area contributed by atoms with Crippen LogP contribution in [0, 0.1) is 0 Å². The molecule has 146 valence electrons. The first-order valence-electron chi connectivity index (χ1n) is 8.30. The van der Waals surface area contributed by atoms with Gasteiger partial charge in [0.05, 0.1) is 6.54 Å². The summed E-state index contributed by atoms with van der Waals surface area (Å²) in [7, 11) is 0. The van der Waals surface area contributed by atoms with Crippen molar-refractivity contribution in [1.82, 2.24) is 10.2 Å². The molecule has 8 heteroatoms. The van der Waals surface area contributed by atoms with Crippen molar-refractivity contribution in [3.05, 3.63) is 59.9 Å². The molecule has 1 aromatic rings. The van der Waals surface area contributed by atoms with Gasteiger partial charge in [0.1, 0.15) is 12.2 Å². The van der Waals surface area contributed by atoms with E-state index in [1.165, 1.54) is 0 Å². The zero-order chi connectivity index (χ0) is 20.1. The van der Waals surface area contributed by atoms with E-state index in [1.54, 1.807) is 45.0 Å². The van der Waals surface area contributed by atoms with Crippen molar-refractivity contribution in [2.24, 2.45) is 0 Å². The summed E-state index contributed by atoms with van der Waals surface area (Å²) in [6.45, 7) is 4.69. The monoisotopic (exact) mass is 380 g/mol. The molecule has 0 aromatic heterocycles. The molecule has 0 saturated heterocycles. The number of hydrogen-bond donors (Lipinski definition) is 1.